The molecule has 0 aromatic carbocycles. The zero-order valence-corrected chi connectivity index (χ0v) is 11.1. The van der Waals surface area contributed by atoms with Gasteiger partial charge in [-0.1, -0.05) is 0 Å². The Balaban J connectivity index is 2.39. The molecule has 72 valence electrons. The summed E-state index contributed by atoms with van der Waals surface area (Å²) in [4.78, 5) is 0. The second-order valence-electron chi connectivity index (χ2n) is 4.36. The van der Waals surface area contributed by atoms with E-state index in [-0.39, 0.29) is 2.94 Å². The van der Waals surface area contributed by atoms with E-state index < -0.39 is 0 Å². The number of ether oxygens (including phenoxy) is 1. The molecule has 0 N–H and O–H groups in total. The van der Waals surface area contributed by atoms with Gasteiger partial charge in [-0.3, -0.25) is 0 Å². The molecule has 0 aromatic heterocycles. The van der Waals surface area contributed by atoms with Gasteiger partial charge in [-0.2, -0.15) is 0 Å². The van der Waals surface area contributed by atoms with Crippen molar-refractivity contribution in [3.05, 3.63) is 0 Å². The second-order valence-corrected chi connectivity index (χ2v) is 8.55. The first kappa shape index (κ1) is 11.1. The van der Waals surface area contributed by atoms with E-state index in [1.807, 2.05) is 11.8 Å². The standard InChI is InChI=1S/C8H17INOS/c1-8(9)11-7(6-12-8)5-10(2,3)4/h7H,5-6H2,1-4H3/q+1. The fourth-order valence-corrected chi connectivity index (χ4v) is 3.07. The molecule has 1 saturated heterocycles. The smallest absolute Gasteiger partial charge is 0.163 e. The predicted octanol–water partition coefficient (Wildman–Crippen LogP) is 1.93. The van der Waals surface area contributed by atoms with Crippen molar-refractivity contribution < 1.29 is 9.22 Å². The van der Waals surface area contributed by atoms with Crippen LogP contribution in [0.4, 0.5) is 0 Å². The third-order valence-corrected chi connectivity index (χ3v) is 3.99. The van der Waals surface area contributed by atoms with Gasteiger partial charge >= 0.3 is 0 Å². The highest BCUT2D eigenvalue weighted by atomic mass is 127. The molecule has 2 nitrogen and oxygen atoms in total. The van der Waals surface area contributed by atoms with E-state index in [1.54, 1.807) is 0 Å². The molecule has 4 heteroatoms. The Morgan fingerprint density at radius 2 is 2.17 bits per heavy atom. The van der Waals surface area contributed by atoms with E-state index in [0.717, 1.165) is 16.8 Å². The van der Waals surface area contributed by atoms with Crippen molar-refractivity contribution in [1.29, 1.82) is 0 Å². The minimum atomic E-state index is 0.0115. The number of hydrogen-bond acceptors (Lipinski definition) is 2. The Hall–Kier alpha value is 1.000. The third-order valence-electron chi connectivity index (χ3n) is 1.66. The minimum absolute atomic E-state index is 0.0115. The number of likely N-dealkylation sites (N-methyl/N-ethyl adjacent to an activating group) is 1. The summed E-state index contributed by atoms with van der Waals surface area (Å²) in [6.07, 6.45) is 0.428. The van der Waals surface area contributed by atoms with Gasteiger partial charge in [-0.25, -0.2) is 0 Å². The lowest BCUT2D eigenvalue weighted by molar-refractivity contribution is -0.873. The summed E-state index contributed by atoms with van der Waals surface area (Å²) in [6.45, 7) is 3.24. The highest BCUT2D eigenvalue weighted by molar-refractivity contribution is 14.1. The minimum Gasteiger partial charge on any atom is -0.345 e. The topological polar surface area (TPSA) is 9.23 Å². The van der Waals surface area contributed by atoms with Gasteiger partial charge in [0, 0.05) is 5.75 Å². The van der Waals surface area contributed by atoms with Gasteiger partial charge in [0.05, 0.1) is 21.1 Å². The molecule has 2 unspecified atom stereocenters. The molecule has 0 amide bonds. The van der Waals surface area contributed by atoms with Gasteiger partial charge in [-0.15, -0.1) is 11.8 Å². The van der Waals surface area contributed by atoms with Gasteiger partial charge in [-0.05, 0) is 29.5 Å². The molecule has 1 rings (SSSR count). The van der Waals surface area contributed by atoms with Crippen LogP contribution in [0, 0.1) is 0 Å². The number of thioether (sulfide) groups is 1. The highest BCUT2D eigenvalue weighted by Gasteiger charge is 2.36. The Morgan fingerprint density at radius 3 is 2.50 bits per heavy atom. The lowest BCUT2D eigenvalue weighted by Crippen LogP contribution is -2.42. The lowest BCUT2D eigenvalue weighted by atomic mass is 10.3. The number of alkyl halides is 1. The first-order chi connectivity index (χ1) is 5.29. The normalized spacial score (nSPS) is 37.2. The molecule has 1 heterocycles. The van der Waals surface area contributed by atoms with E-state index in [0.29, 0.717) is 6.10 Å². The Labute approximate surface area is 92.8 Å². The van der Waals surface area contributed by atoms with Crippen molar-refractivity contribution in [1.82, 2.24) is 0 Å². The van der Waals surface area contributed by atoms with Gasteiger partial charge in [0.2, 0.25) is 0 Å². The van der Waals surface area contributed by atoms with Crippen molar-refractivity contribution in [2.45, 2.75) is 16.0 Å². The summed E-state index contributed by atoms with van der Waals surface area (Å²) in [7, 11) is 6.62. The number of rotatable bonds is 2. The quantitative estimate of drug-likeness (QED) is 0.438. The molecule has 1 fully saturated rings. The molecule has 0 aromatic rings. The maximum Gasteiger partial charge on any atom is 0.163 e. The molecule has 0 aliphatic carbocycles. The molecule has 1 aliphatic rings. The molecular weight excluding hydrogens is 285 g/mol. The summed E-state index contributed by atoms with van der Waals surface area (Å²) in [5.41, 5.74) is 0. The fraction of sp³-hybridized carbons (Fsp3) is 1.00. The highest BCUT2D eigenvalue weighted by Crippen LogP contribution is 2.41. The first-order valence-corrected chi connectivity index (χ1v) is 6.16. The Bertz CT molecular complexity index is 167. The van der Waals surface area contributed by atoms with Crippen molar-refractivity contribution in [2.75, 3.05) is 33.4 Å². The van der Waals surface area contributed by atoms with E-state index in [1.165, 1.54) is 0 Å². The van der Waals surface area contributed by atoms with Crippen LogP contribution in [-0.4, -0.2) is 47.0 Å². The van der Waals surface area contributed by atoms with Crippen molar-refractivity contribution in [3.8, 4) is 0 Å². The van der Waals surface area contributed by atoms with Crippen LogP contribution in [0.25, 0.3) is 0 Å². The Morgan fingerprint density at radius 1 is 1.58 bits per heavy atom. The number of nitrogens with zero attached hydrogens (tertiary/aromatic N) is 1. The van der Waals surface area contributed by atoms with Crippen molar-refractivity contribution >= 4 is 34.4 Å². The van der Waals surface area contributed by atoms with Gasteiger partial charge in [0.15, 0.2) is 2.94 Å². The van der Waals surface area contributed by atoms with E-state index in [2.05, 4.69) is 50.7 Å². The summed E-state index contributed by atoms with van der Waals surface area (Å²) >= 11 is 4.27. The average Bonchev–Trinajstić information content (AvgIpc) is 2.05. The zero-order valence-electron chi connectivity index (χ0n) is 8.13. The SMILES string of the molecule is CC1(I)OC(C[N+](C)(C)C)CS1. The third kappa shape index (κ3) is 3.81. The van der Waals surface area contributed by atoms with Crippen LogP contribution in [0.15, 0.2) is 0 Å². The molecule has 2 atom stereocenters. The van der Waals surface area contributed by atoms with Crippen LogP contribution < -0.4 is 0 Å². The summed E-state index contributed by atoms with van der Waals surface area (Å²) in [6, 6.07) is 0. The van der Waals surface area contributed by atoms with Crippen LogP contribution in [0.3, 0.4) is 0 Å². The summed E-state index contributed by atoms with van der Waals surface area (Å²) in [5.74, 6) is 1.13. The van der Waals surface area contributed by atoms with Crippen LogP contribution in [0.2, 0.25) is 0 Å². The van der Waals surface area contributed by atoms with Crippen LogP contribution >= 0.6 is 34.4 Å². The zero-order chi connectivity index (χ0) is 9.41. The van der Waals surface area contributed by atoms with Crippen molar-refractivity contribution in [3.63, 3.8) is 0 Å². The molecule has 0 saturated carbocycles. The molecular formula is C8H17INOS+. The van der Waals surface area contributed by atoms with Crippen LogP contribution in [0.1, 0.15) is 6.92 Å². The van der Waals surface area contributed by atoms with Crippen LogP contribution in [-0.2, 0) is 4.74 Å². The summed E-state index contributed by atoms with van der Waals surface area (Å²) in [5, 5.41) is 0. The molecule has 0 bridgehead atoms. The fourth-order valence-electron chi connectivity index (χ4n) is 1.31. The average molecular weight is 302 g/mol. The van der Waals surface area contributed by atoms with Gasteiger partial charge in [0.1, 0.15) is 12.6 Å². The van der Waals surface area contributed by atoms with E-state index >= 15 is 0 Å². The predicted molar refractivity (Wildman–Crippen MR) is 62.7 cm³/mol. The van der Waals surface area contributed by atoms with Gasteiger partial charge in [0.25, 0.3) is 0 Å². The first-order valence-electron chi connectivity index (χ1n) is 4.10. The van der Waals surface area contributed by atoms with E-state index in [4.69, 9.17) is 4.74 Å². The monoisotopic (exact) mass is 302 g/mol. The van der Waals surface area contributed by atoms with E-state index in [9.17, 15) is 0 Å². The Kier molecular flexibility index (Phi) is 3.35. The lowest BCUT2D eigenvalue weighted by Gasteiger charge is -2.27. The molecule has 1 aliphatic heterocycles. The maximum atomic E-state index is 5.86. The van der Waals surface area contributed by atoms with Crippen molar-refractivity contribution in [2.24, 2.45) is 0 Å². The number of halogens is 1. The molecule has 0 radical (unpaired) electrons. The number of hydrogen-bond donors (Lipinski definition) is 0. The molecule has 12 heavy (non-hydrogen) atoms. The maximum absolute atomic E-state index is 5.86. The van der Waals surface area contributed by atoms with Crippen LogP contribution in [0.5, 0.6) is 0 Å². The second kappa shape index (κ2) is 3.63. The molecule has 0 spiro atoms. The largest absolute Gasteiger partial charge is 0.345 e. The summed E-state index contributed by atoms with van der Waals surface area (Å²) < 4.78 is 6.85. The van der Waals surface area contributed by atoms with Gasteiger partial charge < -0.3 is 9.22 Å². The number of quaternary nitrogens is 1.